The number of anilines is 2. The van der Waals surface area contributed by atoms with Crippen LogP contribution < -0.4 is 10.2 Å². The maximum absolute atomic E-state index is 9.46. The van der Waals surface area contributed by atoms with E-state index in [4.69, 9.17) is 0 Å². The smallest absolute Gasteiger partial charge is 0.137 e. The minimum absolute atomic E-state index is 0.167. The van der Waals surface area contributed by atoms with E-state index in [1.165, 1.54) is 37.7 Å². The maximum atomic E-state index is 9.46. The monoisotopic (exact) mass is 292 g/mol. The molecule has 5 nitrogen and oxygen atoms in total. The van der Waals surface area contributed by atoms with Gasteiger partial charge in [-0.3, -0.25) is 0 Å². The molecule has 1 aliphatic carbocycles. The number of aliphatic hydroxyl groups is 1. The fourth-order valence-corrected chi connectivity index (χ4v) is 3.26. The molecule has 2 N–H and O–H groups in total. The highest BCUT2D eigenvalue weighted by Gasteiger charge is 2.24. The molecule has 21 heavy (non-hydrogen) atoms. The Hall–Kier alpha value is -1.36. The van der Waals surface area contributed by atoms with Crippen molar-refractivity contribution in [2.24, 2.45) is 0 Å². The highest BCUT2D eigenvalue weighted by molar-refractivity contribution is 5.59. The summed E-state index contributed by atoms with van der Waals surface area (Å²) in [5.41, 5.74) is 1.17. The Balaban J connectivity index is 2.31. The van der Waals surface area contributed by atoms with Crippen molar-refractivity contribution >= 4 is 11.6 Å². The van der Waals surface area contributed by atoms with Crippen LogP contribution in [0.4, 0.5) is 11.6 Å². The van der Waals surface area contributed by atoms with E-state index in [2.05, 4.69) is 34.0 Å². The molecule has 1 aromatic heterocycles. The molecule has 1 heterocycles. The third-order valence-electron chi connectivity index (χ3n) is 4.25. The molecular formula is C16H28N4O. The first-order valence-electron chi connectivity index (χ1n) is 8.27. The van der Waals surface area contributed by atoms with Crippen molar-refractivity contribution in [2.45, 2.75) is 58.4 Å². The third-order valence-corrected chi connectivity index (χ3v) is 4.25. The number of rotatable bonds is 7. The lowest BCUT2D eigenvalue weighted by molar-refractivity contribution is 0.289. The number of aromatic nitrogens is 2. The highest BCUT2D eigenvalue weighted by Crippen LogP contribution is 2.30. The molecule has 0 aliphatic heterocycles. The van der Waals surface area contributed by atoms with Gasteiger partial charge in [-0.25, -0.2) is 9.97 Å². The van der Waals surface area contributed by atoms with Gasteiger partial charge in [-0.2, -0.15) is 0 Å². The average Bonchev–Trinajstić information content (AvgIpc) is 2.53. The molecule has 1 aromatic rings. The van der Waals surface area contributed by atoms with Crippen LogP contribution in [0.3, 0.4) is 0 Å². The van der Waals surface area contributed by atoms with Gasteiger partial charge >= 0.3 is 0 Å². The molecular weight excluding hydrogens is 264 g/mol. The Morgan fingerprint density at radius 2 is 2.00 bits per heavy atom. The van der Waals surface area contributed by atoms with Crippen LogP contribution >= 0.6 is 0 Å². The molecule has 1 saturated carbocycles. The molecule has 0 bridgehead atoms. The van der Waals surface area contributed by atoms with E-state index in [-0.39, 0.29) is 6.61 Å². The lowest BCUT2D eigenvalue weighted by atomic mass is 9.94. The number of hydrogen-bond donors (Lipinski definition) is 2. The fourth-order valence-electron chi connectivity index (χ4n) is 3.26. The van der Waals surface area contributed by atoms with Crippen LogP contribution in [-0.4, -0.2) is 40.8 Å². The van der Waals surface area contributed by atoms with Crippen molar-refractivity contribution in [1.82, 2.24) is 9.97 Å². The molecule has 1 fully saturated rings. The van der Waals surface area contributed by atoms with E-state index < -0.39 is 0 Å². The van der Waals surface area contributed by atoms with Crippen molar-refractivity contribution in [2.75, 3.05) is 29.9 Å². The summed E-state index contributed by atoms with van der Waals surface area (Å²) < 4.78 is 0. The predicted molar refractivity (Wildman–Crippen MR) is 86.9 cm³/mol. The van der Waals surface area contributed by atoms with Crippen LogP contribution in [0.2, 0.25) is 0 Å². The van der Waals surface area contributed by atoms with E-state index in [1.807, 2.05) is 0 Å². The van der Waals surface area contributed by atoms with Crippen LogP contribution in [0.25, 0.3) is 0 Å². The number of nitrogens with zero attached hydrogens (tertiary/aromatic N) is 3. The summed E-state index contributed by atoms with van der Waals surface area (Å²) in [5, 5.41) is 12.8. The summed E-state index contributed by atoms with van der Waals surface area (Å²) in [6.07, 6.45) is 8.81. The van der Waals surface area contributed by atoms with Crippen LogP contribution in [-0.2, 0) is 6.42 Å². The molecule has 1 aliphatic rings. The fraction of sp³-hybridized carbons (Fsp3) is 0.750. The predicted octanol–water partition coefficient (Wildman–Crippen LogP) is 2.60. The van der Waals surface area contributed by atoms with Gasteiger partial charge in [0.15, 0.2) is 0 Å². The van der Waals surface area contributed by atoms with Gasteiger partial charge in [0, 0.05) is 24.7 Å². The molecule has 0 unspecified atom stereocenters. The van der Waals surface area contributed by atoms with E-state index in [0.29, 0.717) is 12.6 Å². The number of hydrogen-bond acceptors (Lipinski definition) is 5. The zero-order valence-electron chi connectivity index (χ0n) is 13.3. The Morgan fingerprint density at radius 1 is 1.24 bits per heavy atom. The van der Waals surface area contributed by atoms with E-state index in [9.17, 15) is 5.11 Å². The third kappa shape index (κ3) is 3.84. The first-order valence-corrected chi connectivity index (χ1v) is 8.27. The van der Waals surface area contributed by atoms with Gasteiger partial charge in [0.1, 0.15) is 18.0 Å². The Kier molecular flexibility index (Phi) is 6.23. The SMILES string of the molecule is CCNc1ncnc(N(CCO)C2CCCCC2)c1CC. The standard InChI is InChI=1S/C16H28N4O/c1-3-14-15(17-4-2)18-12-19-16(14)20(10-11-21)13-8-6-5-7-9-13/h12-13,21H,3-11H2,1-2H3,(H,17,18,19). The summed E-state index contributed by atoms with van der Waals surface area (Å²) in [6, 6.07) is 0.501. The average molecular weight is 292 g/mol. The lowest BCUT2D eigenvalue weighted by Crippen LogP contribution is -2.40. The van der Waals surface area contributed by atoms with Gasteiger partial charge in [-0.05, 0) is 26.2 Å². The van der Waals surface area contributed by atoms with Crippen LogP contribution in [0.1, 0.15) is 51.5 Å². The number of nitrogens with one attached hydrogen (secondary N) is 1. The van der Waals surface area contributed by atoms with E-state index in [1.54, 1.807) is 6.33 Å². The molecule has 0 spiro atoms. The Morgan fingerprint density at radius 3 is 2.62 bits per heavy atom. The second-order valence-electron chi connectivity index (χ2n) is 5.62. The zero-order valence-corrected chi connectivity index (χ0v) is 13.3. The van der Waals surface area contributed by atoms with Crippen LogP contribution in [0.5, 0.6) is 0 Å². The highest BCUT2D eigenvalue weighted by atomic mass is 16.3. The molecule has 0 aromatic carbocycles. The van der Waals surface area contributed by atoms with Crippen molar-refractivity contribution in [3.8, 4) is 0 Å². The summed E-state index contributed by atoms with van der Waals surface area (Å²) in [6.45, 7) is 5.89. The maximum Gasteiger partial charge on any atom is 0.137 e. The topological polar surface area (TPSA) is 61.3 Å². The second-order valence-corrected chi connectivity index (χ2v) is 5.62. The van der Waals surface area contributed by atoms with Gasteiger partial charge in [-0.1, -0.05) is 26.2 Å². The Bertz CT molecular complexity index is 432. The molecule has 5 heteroatoms. The van der Waals surface area contributed by atoms with Crippen LogP contribution in [0.15, 0.2) is 6.33 Å². The largest absolute Gasteiger partial charge is 0.395 e. The zero-order chi connectivity index (χ0) is 15.1. The van der Waals surface area contributed by atoms with Crippen molar-refractivity contribution in [1.29, 1.82) is 0 Å². The van der Waals surface area contributed by atoms with Crippen molar-refractivity contribution < 1.29 is 5.11 Å². The number of aliphatic hydroxyl groups excluding tert-OH is 1. The minimum Gasteiger partial charge on any atom is -0.395 e. The van der Waals surface area contributed by atoms with Gasteiger partial charge in [0.05, 0.1) is 6.61 Å². The molecule has 0 atom stereocenters. The van der Waals surface area contributed by atoms with Gasteiger partial charge < -0.3 is 15.3 Å². The molecule has 2 rings (SSSR count). The Labute approximate surface area is 127 Å². The summed E-state index contributed by atoms with van der Waals surface area (Å²) in [4.78, 5) is 11.2. The molecule has 0 saturated heterocycles. The molecule has 0 amide bonds. The lowest BCUT2D eigenvalue weighted by Gasteiger charge is -2.36. The summed E-state index contributed by atoms with van der Waals surface area (Å²) >= 11 is 0. The summed E-state index contributed by atoms with van der Waals surface area (Å²) in [5.74, 6) is 1.94. The van der Waals surface area contributed by atoms with Crippen LogP contribution in [0, 0.1) is 0 Å². The summed E-state index contributed by atoms with van der Waals surface area (Å²) in [7, 11) is 0. The quantitative estimate of drug-likeness (QED) is 0.809. The van der Waals surface area contributed by atoms with E-state index in [0.717, 1.165) is 24.6 Å². The van der Waals surface area contributed by atoms with Crippen molar-refractivity contribution in [3.05, 3.63) is 11.9 Å². The van der Waals surface area contributed by atoms with E-state index >= 15 is 0 Å². The van der Waals surface area contributed by atoms with Gasteiger partial charge in [-0.15, -0.1) is 0 Å². The van der Waals surface area contributed by atoms with Crippen molar-refractivity contribution in [3.63, 3.8) is 0 Å². The first kappa shape index (κ1) is 16.0. The van der Waals surface area contributed by atoms with Gasteiger partial charge in [0.25, 0.3) is 0 Å². The first-order chi connectivity index (χ1) is 10.3. The van der Waals surface area contributed by atoms with Gasteiger partial charge in [0.2, 0.25) is 0 Å². The second kappa shape index (κ2) is 8.17. The molecule has 118 valence electrons. The normalized spacial score (nSPS) is 16.0. The molecule has 0 radical (unpaired) electrons. The minimum atomic E-state index is 0.167.